The van der Waals surface area contributed by atoms with Crippen molar-refractivity contribution in [3.8, 4) is 0 Å². The van der Waals surface area contributed by atoms with Crippen LogP contribution in [0.15, 0.2) is 36.5 Å². The molecule has 0 atom stereocenters. The molecule has 5 rings (SSSR count). The van der Waals surface area contributed by atoms with Gasteiger partial charge in [0.2, 0.25) is 0 Å². The highest BCUT2D eigenvalue weighted by Crippen LogP contribution is 2.26. The molecular formula is C25H26N6O4. The molecule has 0 radical (unpaired) electrons. The van der Waals surface area contributed by atoms with Gasteiger partial charge in [0.15, 0.2) is 0 Å². The second-order valence-corrected chi connectivity index (χ2v) is 8.83. The van der Waals surface area contributed by atoms with Crippen LogP contribution < -0.4 is 16.4 Å². The standard InChI is InChI=1S/C25H26N6O4/c1-14-7-22(26)28-15(2)19(14)10-27-23(32)18-9-21-24(33)29-20-8-16(11-30-5-6-35-25(30)34)3-4-17(20)12-31(21)13-18/h3-4,7-9,13H,5-6,10-12H2,1-2H3,(H2,26,28)(H,27,32)(H,29,33). The number of nitrogens with one attached hydrogen (secondary N) is 2. The normalized spacial score (nSPS) is 14.6. The van der Waals surface area contributed by atoms with Gasteiger partial charge < -0.3 is 30.6 Å². The Morgan fingerprint density at radius 3 is 2.80 bits per heavy atom. The Bertz CT molecular complexity index is 1340. The largest absolute Gasteiger partial charge is 0.448 e. The number of cyclic esters (lactones) is 1. The van der Waals surface area contributed by atoms with Crippen molar-refractivity contribution >= 4 is 29.4 Å². The van der Waals surface area contributed by atoms with Crippen LogP contribution in [-0.2, 0) is 24.4 Å². The molecule has 1 saturated heterocycles. The Labute approximate surface area is 202 Å². The van der Waals surface area contributed by atoms with E-state index in [9.17, 15) is 14.4 Å². The van der Waals surface area contributed by atoms with Gasteiger partial charge in [0, 0.05) is 37.2 Å². The Kier molecular flexibility index (Phi) is 5.64. The zero-order valence-corrected chi connectivity index (χ0v) is 19.6. The van der Waals surface area contributed by atoms with Crippen LogP contribution in [0.5, 0.6) is 0 Å². The van der Waals surface area contributed by atoms with Crippen molar-refractivity contribution < 1.29 is 19.1 Å². The first-order valence-corrected chi connectivity index (χ1v) is 11.3. The first-order chi connectivity index (χ1) is 16.8. The minimum atomic E-state index is -0.330. The minimum absolute atomic E-state index is 0.276. The van der Waals surface area contributed by atoms with Gasteiger partial charge in [-0.05, 0) is 54.3 Å². The topological polar surface area (TPSA) is 132 Å². The fraction of sp³-hybridized carbons (Fsp3) is 0.280. The van der Waals surface area contributed by atoms with Gasteiger partial charge in [0.1, 0.15) is 18.1 Å². The predicted octanol–water partition coefficient (Wildman–Crippen LogP) is 2.58. The fourth-order valence-corrected chi connectivity index (χ4v) is 4.52. The van der Waals surface area contributed by atoms with Gasteiger partial charge in [-0.25, -0.2) is 9.78 Å². The van der Waals surface area contributed by atoms with Crippen molar-refractivity contribution in [3.05, 3.63) is 75.7 Å². The molecular weight excluding hydrogens is 448 g/mol. The van der Waals surface area contributed by atoms with Gasteiger partial charge >= 0.3 is 6.09 Å². The van der Waals surface area contributed by atoms with E-state index in [1.807, 2.05) is 32.0 Å². The number of nitrogens with zero attached hydrogens (tertiary/aromatic N) is 3. The van der Waals surface area contributed by atoms with Crippen LogP contribution in [-0.4, -0.2) is 45.5 Å². The van der Waals surface area contributed by atoms with Crippen LogP contribution >= 0.6 is 0 Å². The zero-order valence-electron chi connectivity index (χ0n) is 19.6. The molecule has 3 aromatic rings. The van der Waals surface area contributed by atoms with Gasteiger partial charge in [-0.1, -0.05) is 12.1 Å². The molecule has 0 unspecified atom stereocenters. The number of nitrogens with two attached hydrogens (primary N) is 1. The lowest BCUT2D eigenvalue weighted by atomic mass is 10.1. The third-order valence-electron chi connectivity index (χ3n) is 6.37. The van der Waals surface area contributed by atoms with Crippen LogP contribution in [0, 0.1) is 13.8 Å². The molecule has 10 nitrogen and oxygen atoms in total. The third-order valence-corrected chi connectivity index (χ3v) is 6.37. The van der Waals surface area contributed by atoms with Crippen LogP contribution in [0.25, 0.3) is 0 Å². The second kappa shape index (κ2) is 8.79. The van der Waals surface area contributed by atoms with E-state index >= 15 is 0 Å². The monoisotopic (exact) mass is 474 g/mol. The molecule has 0 saturated carbocycles. The number of fused-ring (bicyclic) bond motifs is 2. The van der Waals surface area contributed by atoms with E-state index < -0.39 is 0 Å². The van der Waals surface area contributed by atoms with Gasteiger partial charge in [0.25, 0.3) is 11.8 Å². The average molecular weight is 475 g/mol. The van der Waals surface area contributed by atoms with Gasteiger partial charge in [-0.15, -0.1) is 0 Å². The van der Waals surface area contributed by atoms with Crippen molar-refractivity contribution in [2.24, 2.45) is 0 Å². The molecule has 0 aliphatic carbocycles. The number of carbonyl (C=O) groups excluding carboxylic acids is 3. The van der Waals surface area contributed by atoms with Crippen LogP contribution in [0.3, 0.4) is 0 Å². The summed E-state index contributed by atoms with van der Waals surface area (Å²) in [7, 11) is 0. The van der Waals surface area contributed by atoms with Crippen molar-refractivity contribution in [3.63, 3.8) is 0 Å². The number of rotatable bonds is 5. The third kappa shape index (κ3) is 4.42. The van der Waals surface area contributed by atoms with Crippen molar-refractivity contribution in [1.29, 1.82) is 0 Å². The Balaban J connectivity index is 1.31. The number of carbonyl (C=O) groups is 3. The summed E-state index contributed by atoms with van der Waals surface area (Å²) >= 11 is 0. The van der Waals surface area contributed by atoms with E-state index in [0.29, 0.717) is 55.5 Å². The molecule has 0 spiro atoms. The van der Waals surface area contributed by atoms with Crippen LogP contribution in [0.1, 0.15) is 48.8 Å². The first kappa shape index (κ1) is 22.5. The second-order valence-electron chi connectivity index (χ2n) is 8.83. The van der Waals surface area contributed by atoms with E-state index in [4.69, 9.17) is 10.5 Å². The Morgan fingerprint density at radius 2 is 2.06 bits per heavy atom. The summed E-state index contributed by atoms with van der Waals surface area (Å²) in [5.41, 5.74) is 11.7. The van der Waals surface area contributed by atoms with Crippen molar-refractivity contribution in [1.82, 2.24) is 19.8 Å². The number of anilines is 2. The van der Waals surface area contributed by atoms with E-state index in [0.717, 1.165) is 27.9 Å². The number of nitrogen functional groups attached to an aromatic ring is 1. The van der Waals surface area contributed by atoms with Gasteiger partial charge in [0.05, 0.1) is 12.1 Å². The number of hydrogen-bond donors (Lipinski definition) is 3. The van der Waals surface area contributed by atoms with E-state index in [1.165, 1.54) is 0 Å². The molecule has 4 N–H and O–H groups in total. The summed E-state index contributed by atoms with van der Waals surface area (Å²) in [5, 5.41) is 5.85. The summed E-state index contributed by atoms with van der Waals surface area (Å²) in [6, 6.07) is 9.12. The predicted molar refractivity (Wildman–Crippen MR) is 129 cm³/mol. The van der Waals surface area contributed by atoms with E-state index in [-0.39, 0.29) is 17.9 Å². The molecule has 3 amide bonds. The number of aromatic nitrogens is 2. The highest BCUT2D eigenvalue weighted by atomic mass is 16.6. The Hall–Kier alpha value is -4.34. The van der Waals surface area contributed by atoms with Crippen LogP contribution in [0.4, 0.5) is 16.3 Å². The average Bonchev–Trinajstić information content (AvgIpc) is 3.38. The highest BCUT2D eigenvalue weighted by Gasteiger charge is 2.25. The number of hydrogen-bond acceptors (Lipinski definition) is 6. The number of amides is 3. The maximum Gasteiger partial charge on any atom is 0.410 e. The lowest BCUT2D eigenvalue weighted by Gasteiger charge is -2.15. The van der Waals surface area contributed by atoms with Crippen LogP contribution in [0.2, 0.25) is 0 Å². The first-order valence-electron chi connectivity index (χ1n) is 11.3. The summed E-state index contributed by atoms with van der Waals surface area (Å²) in [5.74, 6) is -0.125. The van der Waals surface area contributed by atoms with Gasteiger partial charge in [-0.3, -0.25) is 9.59 Å². The SMILES string of the molecule is Cc1cc(N)nc(C)c1CNC(=O)c1cc2n(c1)Cc1ccc(CN3CCOC3=O)cc1NC2=O. The molecule has 0 bridgehead atoms. The number of aryl methyl sites for hydroxylation is 2. The highest BCUT2D eigenvalue weighted by molar-refractivity contribution is 6.06. The smallest absolute Gasteiger partial charge is 0.410 e. The fourth-order valence-electron chi connectivity index (χ4n) is 4.52. The molecule has 1 fully saturated rings. The maximum absolute atomic E-state index is 12.9. The van der Waals surface area contributed by atoms with Crippen molar-refractivity contribution in [2.45, 2.75) is 33.5 Å². The summed E-state index contributed by atoms with van der Waals surface area (Å²) in [4.78, 5) is 43.4. The number of benzene rings is 1. The maximum atomic E-state index is 12.9. The molecule has 2 aromatic heterocycles. The minimum Gasteiger partial charge on any atom is -0.448 e. The Morgan fingerprint density at radius 1 is 1.23 bits per heavy atom. The van der Waals surface area contributed by atoms with Crippen molar-refractivity contribution in [2.75, 3.05) is 24.2 Å². The number of ether oxygens (including phenoxy) is 1. The van der Waals surface area contributed by atoms with Gasteiger partial charge in [-0.2, -0.15) is 0 Å². The molecule has 2 aliphatic rings. The molecule has 35 heavy (non-hydrogen) atoms. The summed E-state index contributed by atoms with van der Waals surface area (Å²) in [6.07, 6.45) is 1.36. The van der Waals surface area contributed by atoms with E-state index in [2.05, 4.69) is 15.6 Å². The lowest BCUT2D eigenvalue weighted by Crippen LogP contribution is -2.24. The molecule has 180 valence electrons. The summed E-state index contributed by atoms with van der Waals surface area (Å²) < 4.78 is 6.75. The zero-order chi connectivity index (χ0) is 24.7. The number of pyridine rings is 1. The molecule has 1 aromatic carbocycles. The molecule has 10 heteroatoms. The quantitative estimate of drug-likeness (QED) is 0.521. The molecule has 4 heterocycles. The molecule has 2 aliphatic heterocycles. The lowest BCUT2D eigenvalue weighted by molar-refractivity contribution is 0.0950. The summed E-state index contributed by atoms with van der Waals surface area (Å²) in [6.45, 7) is 5.89. The van der Waals surface area contributed by atoms with E-state index in [1.54, 1.807) is 27.8 Å².